The first-order valence-corrected chi connectivity index (χ1v) is 7.05. The SMILES string of the molecule is CC.CC.CCN1C(C)=C(C)C(C)=CC1(C)C. The van der Waals surface area contributed by atoms with E-state index in [2.05, 4.69) is 52.5 Å². The molecular formula is C16H33N. The van der Waals surface area contributed by atoms with Crippen LogP contribution in [0.25, 0.3) is 0 Å². The maximum atomic E-state index is 2.45. The smallest absolute Gasteiger partial charge is 0.0531 e. The zero-order valence-electron chi connectivity index (χ0n) is 13.7. The molecular weight excluding hydrogens is 206 g/mol. The molecule has 0 amide bonds. The summed E-state index contributed by atoms with van der Waals surface area (Å²) in [4.78, 5) is 2.45. The van der Waals surface area contributed by atoms with Crippen LogP contribution >= 0.6 is 0 Å². The van der Waals surface area contributed by atoms with Crippen molar-refractivity contribution in [2.75, 3.05) is 6.54 Å². The highest BCUT2D eigenvalue weighted by Gasteiger charge is 2.28. The van der Waals surface area contributed by atoms with Gasteiger partial charge in [-0.15, -0.1) is 0 Å². The minimum Gasteiger partial charge on any atom is -0.367 e. The van der Waals surface area contributed by atoms with Crippen molar-refractivity contribution in [3.05, 3.63) is 22.9 Å². The van der Waals surface area contributed by atoms with Crippen LogP contribution in [0, 0.1) is 0 Å². The van der Waals surface area contributed by atoms with Crippen LogP contribution in [0.2, 0.25) is 0 Å². The molecule has 1 rings (SSSR count). The molecule has 0 N–H and O–H groups in total. The minimum atomic E-state index is 0.183. The third-order valence-corrected chi connectivity index (χ3v) is 3.12. The summed E-state index contributed by atoms with van der Waals surface area (Å²) in [6.45, 7) is 22.5. The van der Waals surface area contributed by atoms with Crippen molar-refractivity contribution in [2.24, 2.45) is 0 Å². The molecule has 0 spiro atoms. The van der Waals surface area contributed by atoms with Gasteiger partial charge in [-0.25, -0.2) is 0 Å². The first-order valence-electron chi connectivity index (χ1n) is 7.05. The third-order valence-electron chi connectivity index (χ3n) is 3.12. The second-order valence-electron chi connectivity index (χ2n) is 4.44. The molecule has 0 aromatic carbocycles. The molecule has 102 valence electrons. The Morgan fingerprint density at radius 1 is 1.00 bits per heavy atom. The van der Waals surface area contributed by atoms with E-state index in [1.165, 1.54) is 16.8 Å². The summed E-state index contributed by atoms with van der Waals surface area (Å²) in [7, 11) is 0. The number of allylic oxidation sites excluding steroid dienone is 3. The third kappa shape index (κ3) is 4.57. The van der Waals surface area contributed by atoms with Crippen molar-refractivity contribution in [3.63, 3.8) is 0 Å². The Bertz CT molecular complexity index is 269. The second kappa shape index (κ2) is 8.38. The van der Waals surface area contributed by atoms with E-state index in [4.69, 9.17) is 0 Å². The van der Waals surface area contributed by atoms with Gasteiger partial charge in [0, 0.05) is 12.2 Å². The molecule has 0 saturated carbocycles. The molecule has 1 aliphatic heterocycles. The Hall–Kier alpha value is -0.720. The van der Waals surface area contributed by atoms with E-state index < -0.39 is 0 Å². The second-order valence-corrected chi connectivity index (χ2v) is 4.44. The van der Waals surface area contributed by atoms with Gasteiger partial charge in [-0.05, 0) is 52.7 Å². The van der Waals surface area contributed by atoms with Crippen LogP contribution in [0.4, 0.5) is 0 Å². The summed E-state index contributed by atoms with van der Waals surface area (Å²) in [6, 6.07) is 0. The lowest BCUT2D eigenvalue weighted by Crippen LogP contribution is -2.43. The monoisotopic (exact) mass is 239 g/mol. The standard InChI is InChI=1S/C12H21N.2C2H6/c1-7-13-11(4)10(3)9(2)8-12(13,5)6;2*1-2/h8H,7H2,1-6H3;2*1-2H3. The van der Waals surface area contributed by atoms with Gasteiger partial charge in [0.2, 0.25) is 0 Å². The lowest BCUT2D eigenvalue weighted by atomic mass is 9.90. The van der Waals surface area contributed by atoms with Crippen molar-refractivity contribution in [3.8, 4) is 0 Å². The van der Waals surface area contributed by atoms with E-state index in [1.54, 1.807) is 0 Å². The van der Waals surface area contributed by atoms with Crippen molar-refractivity contribution < 1.29 is 0 Å². The topological polar surface area (TPSA) is 3.24 Å². The molecule has 1 heterocycles. The van der Waals surface area contributed by atoms with Gasteiger partial charge < -0.3 is 4.90 Å². The Morgan fingerprint density at radius 3 is 1.76 bits per heavy atom. The highest BCUT2D eigenvalue weighted by Crippen LogP contribution is 2.32. The summed E-state index contributed by atoms with van der Waals surface area (Å²) in [6.07, 6.45) is 2.36. The minimum absolute atomic E-state index is 0.183. The first kappa shape index (κ1) is 18.6. The number of likely N-dealkylation sites (N-methyl/N-ethyl adjacent to an activating group) is 1. The molecule has 17 heavy (non-hydrogen) atoms. The van der Waals surface area contributed by atoms with Crippen LogP contribution in [0.5, 0.6) is 0 Å². The fourth-order valence-electron chi connectivity index (χ4n) is 2.28. The van der Waals surface area contributed by atoms with Gasteiger partial charge in [-0.2, -0.15) is 0 Å². The molecule has 1 nitrogen and oxygen atoms in total. The zero-order valence-corrected chi connectivity index (χ0v) is 13.7. The van der Waals surface area contributed by atoms with Gasteiger partial charge in [0.1, 0.15) is 0 Å². The summed E-state index contributed by atoms with van der Waals surface area (Å²) in [5.74, 6) is 0. The molecule has 0 aliphatic carbocycles. The van der Waals surface area contributed by atoms with Crippen LogP contribution in [0.3, 0.4) is 0 Å². The Kier molecular flexibility index (Phi) is 9.19. The summed E-state index contributed by atoms with van der Waals surface area (Å²) in [5.41, 5.74) is 4.46. The fraction of sp³-hybridized carbons (Fsp3) is 0.750. The average Bonchev–Trinajstić information content (AvgIpc) is 2.31. The molecule has 0 aromatic rings. The van der Waals surface area contributed by atoms with Crippen LogP contribution in [0.15, 0.2) is 22.9 Å². The molecule has 1 heteroatoms. The van der Waals surface area contributed by atoms with E-state index >= 15 is 0 Å². The molecule has 0 saturated heterocycles. The zero-order chi connectivity index (χ0) is 14.2. The maximum absolute atomic E-state index is 2.45. The van der Waals surface area contributed by atoms with Crippen molar-refractivity contribution >= 4 is 0 Å². The largest absolute Gasteiger partial charge is 0.367 e. The maximum Gasteiger partial charge on any atom is 0.0531 e. The first-order chi connectivity index (χ1) is 7.90. The van der Waals surface area contributed by atoms with Crippen LogP contribution < -0.4 is 0 Å². The highest BCUT2D eigenvalue weighted by atomic mass is 15.2. The van der Waals surface area contributed by atoms with Crippen LogP contribution in [-0.4, -0.2) is 17.0 Å². The normalized spacial score (nSPS) is 17.5. The van der Waals surface area contributed by atoms with Crippen molar-refractivity contribution in [1.29, 1.82) is 0 Å². The van der Waals surface area contributed by atoms with Gasteiger partial charge in [-0.1, -0.05) is 33.8 Å². The quantitative estimate of drug-likeness (QED) is 0.592. The lowest BCUT2D eigenvalue weighted by molar-refractivity contribution is 0.217. The van der Waals surface area contributed by atoms with Gasteiger partial charge in [0.15, 0.2) is 0 Å². The molecule has 0 bridgehead atoms. The van der Waals surface area contributed by atoms with E-state index in [0.29, 0.717) is 0 Å². The van der Waals surface area contributed by atoms with Crippen LogP contribution in [0.1, 0.15) is 69.2 Å². The molecule has 1 aliphatic rings. The van der Waals surface area contributed by atoms with Gasteiger partial charge >= 0.3 is 0 Å². The van der Waals surface area contributed by atoms with E-state index in [9.17, 15) is 0 Å². The van der Waals surface area contributed by atoms with Gasteiger partial charge in [0.25, 0.3) is 0 Å². The summed E-state index contributed by atoms with van der Waals surface area (Å²) in [5, 5.41) is 0. The molecule has 0 unspecified atom stereocenters. The van der Waals surface area contributed by atoms with Crippen molar-refractivity contribution in [2.45, 2.75) is 74.8 Å². The highest BCUT2D eigenvalue weighted by molar-refractivity contribution is 5.38. The number of hydrogen-bond donors (Lipinski definition) is 0. The number of nitrogens with zero attached hydrogens (tertiary/aromatic N) is 1. The molecule has 0 radical (unpaired) electrons. The predicted octanol–water partition coefficient (Wildman–Crippen LogP) is 5.39. The van der Waals surface area contributed by atoms with Gasteiger partial charge in [0.05, 0.1) is 5.54 Å². The van der Waals surface area contributed by atoms with E-state index in [0.717, 1.165) is 6.54 Å². The Balaban J connectivity index is 0. The Morgan fingerprint density at radius 2 is 1.41 bits per heavy atom. The number of hydrogen-bond acceptors (Lipinski definition) is 1. The molecule has 0 atom stereocenters. The number of rotatable bonds is 1. The molecule has 0 aromatic heterocycles. The Labute approximate surface area is 110 Å². The lowest BCUT2D eigenvalue weighted by Gasteiger charge is -2.42. The molecule has 0 fully saturated rings. The summed E-state index contributed by atoms with van der Waals surface area (Å²) >= 11 is 0. The van der Waals surface area contributed by atoms with E-state index in [1.807, 2.05) is 27.7 Å². The average molecular weight is 239 g/mol. The van der Waals surface area contributed by atoms with Crippen molar-refractivity contribution in [1.82, 2.24) is 4.90 Å². The van der Waals surface area contributed by atoms with Gasteiger partial charge in [-0.3, -0.25) is 0 Å². The summed E-state index contributed by atoms with van der Waals surface area (Å²) < 4.78 is 0. The van der Waals surface area contributed by atoms with Crippen LogP contribution in [-0.2, 0) is 0 Å². The predicted molar refractivity (Wildman–Crippen MR) is 81.3 cm³/mol. The fourth-order valence-corrected chi connectivity index (χ4v) is 2.28. The van der Waals surface area contributed by atoms with E-state index in [-0.39, 0.29) is 5.54 Å².